The first-order valence-electron chi connectivity index (χ1n) is 10.1. The van der Waals surface area contributed by atoms with E-state index in [9.17, 15) is 0 Å². The van der Waals surface area contributed by atoms with Crippen molar-refractivity contribution in [3.63, 3.8) is 0 Å². The van der Waals surface area contributed by atoms with Crippen LogP contribution in [0.4, 0.5) is 5.69 Å². The van der Waals surface area contributed by atoms with E-state index in [1.807, 2.05) is 6.07 Å². The molecule has 0 spiro atoms. The molecule has 2 rings (SSSR count). The second kappa shape index (κ2) is 12.3. The fourth-order valence-electron chi connectivity index (χ4n) is 3.20. The lowest BCUT2D eigenvalue weighted by Crippen LogP contribution is -2.45. The van der Waals surface area contributed by atoms with Crippen LogP contribution in [-0.2, 0) is 0 Å². The number of anilines is 1. The Morgan fingerprint density at radius 3 is 2.38 bits per heavy atom. The molecule has 0 aromatic heterocycles. The number of nitrogens with zero attached hydrogens (tertiary/aromatic N) is 2. The lowest BCUT2D eigenvalue weighted by molar-refractivity contribution is 0.394. The van der Waals surface area contributed by atoms with Crippen LogP contribution in [0.1, 0.15) is 34.1 Å². The van der Waals surface area contributed by atoms with Crippen molar-refractivity contribution in [2.24, 2.45) is 4.99 Å². The molecule has 1 heterocycles. The highest BCUT2D eigenvalue weighted by atomic mass is 127. The smallest absolute Gasteiger partial charge is 0.191 e. The summed E-state index contributed by atoms with van der Waals surface area (Å²) in [7, 11) is 3.36. The van der Waals surface area contributed by atoms with E-state index in [0.29, 0.717) is 6.04 Å². The Balaban J connectivity index is 0.00000420. The maximum absolute atomic E-state index is 5.40. The van der Waals surface area contributed by atoms with E-state index in [4.69, 9.17) is 14.5 Å². The summed E-state index contributed by atoms with van der Waals surface area (Å²) in [4.78, 5) is 7.06. The van der Waals surface area contributed by atoms with Gasteiger partial charge in [0, 0.05) is 61.6 Å². The van der Waals surface area contributed by atoms with Gasteiger partial charge in [0.25, 0.3) is 0 Å². The van der Waals surface area contributed by atoms with Gasteiger partial charge in [0.15, 0.2) is 5.96 Å². The summed E-state index contributed by atoms with van der Waals surface area (Å²) in [5, 5.41) is 10.4. The summed E-state index contributed by atoms with van der Waals surface area (Å²) < 4.78 is 10.8. The van der Waals surface area contributed by atoms with E-state index in [-0.39, 0.29) is 29.5 Å². The van der Waals surface area contributed by atoms with Crippen LogP contribution in [-0.4, -0.2) is 64.5 Å². The Bertz CT molecular complexity index is 626. The van der Waals surface area contributed by atoms with Crippen LogP contribution in [0.25, 0.3) is 0 Å². The summed E-state index contributed by atoms with van der Waals surface area (Å²) >= 11 is 0. The second-order valence-electron chi connectivity index (χ2n) is 8.08. The van der Waals surface area contributed by atoms with Crippen LogP contribution in [0, 0.1) is 0 Å². The van der Waals surface area contributed by atoms with Crippen molar-refractivity contribution in [3.05, 3.63) is 18.2 Å². The van der Waals surface area contributed by atoms with Crippen molar-refractivity contribution in [2.75, 3.05) is 51.8 Å². The molecule has 7 nitrogen and oxygen atoms in total. The monoisotopic (exact) mass is 519 g/mol. The maximum atomic E-state index is 5.40. The van der Waals surface area contributed by atoms with Crippen LogP contribution in [0.2, 0.25) is 0 Å². The third-order valence-corrected chi connectivity index (χ3v) is 4.61. The molecule has 29 heavy (non-hydrogen) atoms. The average Bonchev–Trinajstić information content (AvgIpc) is 3.12. The third-order valence-electron chi connectivity index (χ3n) is 4.61. The van der Waals surface area contributed by atoms with E-state index >= 15 is 0 Å². The first-order valence-corrected chi connectivity index (χ1v) is 10.1. The molecule has 1 aliphatic rings. The highest BCUT2D eigenvalue weighted by molar-refractivity contribution is 14.0. The Labute approximate surface area is 193 Å². The number of nitrogens with one attached hydrogen (secondary N) is 3. The zero-order valence-electron chi connectivity index (χ0n) is 18.7. The normalized spacial score (nSPS) is 17.0. The van der Waals surface area contributed by atoms with E-state index in [1.54, 1.807) is 14.2 Å². The van der Waals surface area contributed by atoms with Gasteiger partial charge in [-0.05, 0) is 34.1 Å². The predicted molar refractivity (Wildman–Crippen MR) is 132 cm³/mol. The van der Waals surface area contributed by atoms with Gasteiger partial charge in [-0.2, -0.15) is 0 Å². The summed E-state index contributed by atoms with van der Waals surface area (Å²) in [5.74, 6) is 2.51. The van der Waals surface area contributed by atoms with E-state index in [0.717, 1.165) is 62.3 Å². The molecule has 1 unspecified atom stereocenters. The van der Waals surface area contributed by atoms with Gasteiger partial charge in [-0.1, -0.05) is 0 Å². The Morgan fingerprint density at radius 1 is 1.17 bits per heavy atom. The molecular formula is C21H38IN5O2. The van der Waals surface area contributed by atoms with Gasteiger partial charge in [0.1, 0.15) is 11.5 Å². The minimum Gasteiger partial charge on any atom is -0.497 e. The highest BCUT2D eigenvalue weighted by Crippen LogP contribution is 2.30. The molecule has 8 heteroatoms. The molecule has 0 saturated carbocycles. The third kappa shape index (κ3) is 8.86. The van der Waals surface area contributed by atoms with Crippen molar-refractivity contribution in [3.8, 4) is 11.5 Å². The molecule has 0 aliphatic carbocycles. The Kier molecular flexibility index (Phi) is 10.9. The molecular weight excluding hydrogens is 481 g/mol. The van der Waals surface area contributed by atoms with Crippen molar-refractivity contribution < 1.29 is 9.47 Å². The number of rotatable bonds is 8. The van der Waals surface area contributed by atoms with Crippen molar-refractivity contribution in [1.29, 1.82) is 0 Å². The molecule has 166 valence electrons. The highest BCUT2D eigenvalue weighted by Gasteiger charge is 2.24. The van der Waals surface area contributed by atoms with Gasteiger partial charge in [0.2, 0.25) is 0 Å². The van der Waals surface area contributed by atoms with Gasteiger partial charge in [0.05, 0.1) is 20.8 Å². The van der Waals surface area contributed by atoms with Gasteiger partial charge in [-0.3, -0.25) is 4.99 Å². The fourth-order valence-corrected chi connectivity index (χ4v) is 3.20. The van der Waals surface area contributed by atoms with Crippen molar-refractivity contribution in [1.82, 2.24) is 16.0 Å². The van der Waals surface area contributed by atoms with Crippen molar-refractivity contribution in [2.45, 2.75) is 45.7 Å². The van der Waals surface area contributed by atoms with Crippen LogP contribution >= 0.6 is 24.0 Å². The summed E-state index contributed by atoms with van der Waals surface area (Å²) in [6.07, 6.45) is 1.06. The van der Waals surface area contributed by atoms with Gasteiger partial charge in [-0.25, -0.2) is 0 Å². The molecule has 3 N–H and O–H groups in total. The van der Waals surface area contributed by atoms with Crippen LogP contribution in [0.5, 0.6) is 11.5 Å². The molecule has 1 aromatic rings. The van der Waals surface area contributed by atoms with Gasteiger partial charge >= 0.3 is 0 Å². The first kappa shape index (κ1) is 25.6. The molecule has 0 radical (unpaired) electrons. The number of hydrogen-bond donors (Lipinski definition) is 3. The fraction of sp³-hybridized carbons (Fsp3) is 0.667. The number of ether oxygens (including phenoxy) is 2. The molecule has 0 bridgehead atoms. The summed E-state index contributed by atoms with van der Waals surface area (Å²) in [6.45, 7) is 13.0. The number of benzene rings is 1. The lowest BCUT2D eigenvalue weighted by atomic mass is 10.1. The standard InChI is InChI=1S/C21H37N5O2.HI/c1-7-22-20(23-9-10-24-21(2,3)4)25-16-8-11-26(15-16)17-12-18(27-5)14-19(13-17)28-6;/h12-14,16,24H,7-11,15H2,1-6H3,(H2,22,23,25);1H. The van der Waals surface area contributed by atoms with Crippen molar-refractivity contribution >= 4 is 35.6 Å². The number of guanidine groups is 1. The van der Waals surface area contributed by atoms with E-state index in [2.05, 4.69) is 60.7 Å². The molecule has 0 amide bonds. The maximum Gasteiger partial charge on any atom is 0.191 e. The van der Waals surface area contributed by atoms with Crippen LogP contribution < -0.4 is 30.3 Å². The van der Waals surface area contributed by atoms with Gasteiger partial charge in [-0.15, -0.1) is 24.0 Å². The van der Waals surface area contributed by atoms with Crippen LogP contribution in [0.15, 0.2) is 23.2 Å². The first-order chi connectivity index (χ1) is 13.3. The molecule has 1 atom stereocenters. The summed E-state index contributed by atoms with van der Waals surface area (Å²) in [6, 6.07) is 6.37. The minimum atomic E-state index is 0. The zero-order valence-corrected chi connectivity index (χ0v) is 21.0. The topological polar surface area (TPSA) is 70.2 Å². The average molecular weight is 519 g/mol. The summed E-state index contributed by atoms with van der Waals surface area (Å²) in [5.41, 5.74) is 1.24. The molecule has 1 saturated heterocycles. The van der Waals surface area contributed by atoms with E-state index in [1.165, 1.54) is 0 Å². The quantitative estimate of drug-likeness (QED) is 0.213. The van der Waals surface area contributed by atoms with Crippen LogP contribution in [0.3, 0.4) is 0 Å². The SMILES string of the molecule is CCNC(=NCCNC(C)(C)C)NC1CCN(c2cc(OC)cc(OC)c2)C1.I. The number of halogens is 1. The largest absolute Gasteiger partial charge is 0.497 e. The van der Waals surface area contributed by atoms with E-state index < -0.39 is 0 Å². The molecule has 1 aliphatic heterocycles. The zero-order chi connectivity index (χ0) is 20.6. The number of hydrogen-bond acceptors (Lipinski definition) is 5. The Morgan fingerprint density at radius 2 is 1.83 bits per heavy atom. The predicted octanol–water partition coefficient (Wildman–Crippen LogP) is 2.84. The lowest BCUT2D eigenvalue weighted by Gasteiger charge is -2.22. The molecule has 1 fully saturated rings. The number of aliphatic imine (C=N–C) groups is 1. The van der Waals surface area contributed by atoms with Gasteiger partial charge < -0.3 is 30.3 Å². The second-order valence-corrected chi connectivity index (χ2v) is 8.08. The molecule has 1 aromatic carbocycles. The Hall–Kier alpha value is -1.42. The minimum absolute atomic E-state index is 0. The number of methoxy groups -OCH3 is 2.